The van der Waals surface area contributed by atoms with Gasteiger partial charge in [-0.3, -0.25) is 4.79 Å². The lowest BCUT2D eigenvalue weighted by Crippen LogP contribution is -2.12. The van der Waals surface area contributed by atoms with E-state index in [2.05, 4.69) is 15.1 Å². The molecule has 0 bridgehead atoms. The monoisotopic (exact) mass is 379 g/mol. The number of amides is 1. The highest BCUT2D eigenvalue weighted by Crippen LogP contribution is 2.22. The van der Waals surface area contributed by atoms with Gasteiger partial charge < -0.3 is 9.30 Å². The van der Waals surface area contributed by atoms with E-state index in [1.54, 1.807) is 24.4 Å². The number of hydrazone groups is 1. The summed E-state index contributed by atoms with van der Waals surface area (Å²) in [5, 5.41) is 3.94. The molecule has 5 nitrogen and oxygen atoms in total. The second kappa shape index (κ2) is 8.52. The summed E-state index contributed by atoms with van der Waals surface area (Å²) in [6, 6.07) is 16.2. The van der Waals surface area contributed by atoms with Crippen molar-refractivity contribution in [2.45, 2.75) is 27.4 Å². The molecule has 6 heteroatoms. The van der Waals surface area contributed by atoms with Crippen LogP contribution in [0, 0.1) is 19.7 Å². The Morgan fingerprint density at radius 3 is 2.57 bits per heavy atom. The molecule has 3 aromatic rings. The van der Waals surface area contributed by atoms with Crippen molar-refractivity contribution >= 4 is 12.1 Å². The van der Waals surface area contributed by atoms with Crippen molar-refractivity contribution in [3.63, 3.8) is 0 Å². The lowest BCUT2D eigenvalue weighted by molar-refractivity contribution is -0.118. The molecule has 0 spiro atoms. The van der Waals surface area contributed by atoms with Crippen LogP contribution in [-0.4, -0.2) is 16.7 Å². The first-order valence-electron chi connectivity index (χ1n) is 8.91. The van der Waals surface area contributed by atoms with E-state index >= 15 is 0 Å². The number of benzene rings is 2. The normalized spacial score (nSPS) is 11.0. The zero-order valence-electron chi connectivity index (χ0n) is 16.1. The summed E-state index contributed by atoms with van der Waals surface area (Å²) in [6.45, 7) is 5.59. The molecule has 2 aromatic carbocycles. The number of rotatable bonds is 6. The first-order valence-corrected chi connectivity index (χ1v) is 8.91. The Bertz CT molecular complexity index is 1010. The standard InChI is InChI=1S/C22H22FN3O2/c1-15-12-19(13-24-25-17(3)27)16(2)26(15)20-8-10-21(11-9-20)28-14-18-6-4-5-7-22(18)23/h4-13H,14H2,1-3H3,(H,25,27)/b24-13-. The SMILES string of the molecule is CC(=O)N/N=C\c1cc(C)n(-c2ccc(OCc3ccccc3F)cc2)c1C. The van der Waals surface area contributed by atoms with Crippen molar-refractivity contribution in [1.29, 1.82) is 0 Å². The lowest BCUT2D eigenvalue weighted by atomic mass is 10.2. The van der Waals surface area contributed by atoms with Crippen LogP contribution in [0.5, 0.6) is 5.75 Å². The summed E-state index contributed by atoms with van der Waals surface area (Å²) in [4.78, 5) is 10.9. The summed E-state index contributed by atoms with van der Waals surface area (Å²) in [5.41, 5.74) is 6.88. The molecular formula is C22H22FN3O2. The minimum absolute atomic E-state index is 0.178. The van der Waals surface area contributed by atoms with Gasteiger partial charge in [0.15, 0.2) is 0 Å². The number of carbonyl (C=O) groups is 1. The Kier molecular flexibility index (Phi) is 5.89. The van der Waals surface area contributed by atoms with E-state index in [0.717, 1.165) is 22.6 Å². The zero-order chi connectivity index (χ0) is 20.1. The summed E-state index contributed by atoms with van der Waals surface area (Å²) >= 11 is 0. The average Bonchev–Trinajstić information content (AvgIpc) is 2.95. The van der Waals surface area contributed by atoms with Gasteiger partial charge in [-0.1, -0.05) is 18.2 Å². The van der Waals surface area contributed by atoms with E-state index < -0.39 is 0 Å². The summed E-state index contributed by atoms with van der Waals surface area (Å²) in [6.07, 6.45) is 1.63. The summed E-state index contributed by atoms with van der Waals surface area (Å²) in [7, 11) is 0. The molecule has 0 fully saturated rings. The molecule has 1 N–H and O–H groups in total. The highest BCUT2D eigenvalue weighted by Gasteiger charge is 2.10. The van der Waals surface area contributed by atoms with Gasteiger partial charge in [0.05, 0.1) is 6.21 Å². The third kappa shape index (κ3) is 4.46. The number of halogens is 1. The number of aryl methyl sites for hydroxylation is 1. The van der Waals surface area contributed by atoms with E-state index in [1.807, 2.05) is 44.2 Å². The third-order valence-corrected chi connectivity index (χ3v) is 4.34. The maximum atomic E-state index is 13.7. The first kappa shape index (κ1) is 19.4. The fraction of sp³-hybridized carbons (Fsp3) is 0.182. The molecule has 0 aliphatic heterocycles. The van der Waals surface area contributed by atoms with Crippen LogP contribution in [-0.2, 0) is 11.4 Å². The lowest BCUT2D eigenvalue weighted by Gasteiger charge is -2.11. The van der Waals surface area contributed by atoms with Gasteiger partial charge in [-0.2, -0.15) is 5.10 Å². The van der Waals surface area contributed by atoms with Crippen LogP contribution in [0.25, 0.3) is 5.69 Å². The van der Waals surface area contributed by atoms with Crippen molar-refractivity contribution < 1.29 is 13.9 Å². The van der Waals surface area contributed by atoms with Gasteiger partial charge in [0, 0.05) is 35.1 Å². The molecule has 0 aliphatic carbocycles. The minimum Gasteiger partial charge on any atom is -0.489 e. The quantitative estimate of drug-likeness (QED) is 0.513. The van der Waals surface area contributed by atoms with Gasteiger partial charge in [-0.05, 0) is 50.2 Å². The predicted molar refractivity (Wildman–Crippen MR) is 107 cm³/mol. The van der Waals surface area contributed by atoms with Gasteiger partial charge >= 0.3 is 0 Å². The molecule has 3 rings (SSSR count). The molecule has 144 valence electrons. The molecule has 0 saturated heterocycles. The Morgan fingerprint density at radius 1 is 1.18 bits per heavy atom. The van der Waals surface area contributed by atoms with E-state index in [9.17, 15) is 9.18 Å². The molecule has 1 heterocycles. The van der Waals surface area contributed by atoms with Gasteiger partial charge in [-0.15, -0.1) is 0 Å². The number of hydrogen-bond donors (Lipinski definition) is 1. The second-order valence-corrected chi connectivity index (χ2v) is 6.46. The van der Waals surface area contributed by atoms with Crippen molar-refractivity contribution in [1.82, 2.24) is 9.99 Å². The molecule has 1 amide bonds. The Morgan fingerprint density at radius 2 is 1.89 bits per heavy atom. The van der Waals surface area contributed by atoms with Crippen LogP contribution >= 0.6 is 0 Å². The molecule has 0 saturated carbocycles. The number of hydrogen-bond acceptors (Lipinski definition) is 3. The average molecular weight is 379 g/mol. The van der Waals surface area contributed by atoms with Crippen LogP contribution < -0.4 is 10.2 Å². The van der Waals surface area contributed by atoms with Gasteiger partial charge in [0.25, 0.3) is 0 Å². The summed E-state index contributed by atoms with van der Waals surface area (Å²) in [5.74, 6) is 0.184. The largest absolute Gasteiger partial charge is 0.489 e. The van der Waals surface area contributed by atoms with Crippen LogP contribution in [0.15, 0.2) is 59.7 Å². The zero-order valence-corrected chi connectivity index (χ0v) is 16.1. The number of carbonyl (C=O) groups excluding carboxylic acids is 1. The fourth-order valence-corrected chi connectivity index (χ4v) is 2.98. The van der Waals surface area contributed by atoms with Crippen molar-refractivity contribution in [2.24, 2.45) is 5.10 Å². The minimum atomic E-state index is -0.272. The Balaban J connectivity index is 1.74. The number of aromatic nitrogens is 1. The van der Waals surface area contributed by atoms with E-state index in [-0.39, 0.29) is 18.3 Å². The first-order chi connectivity index (χ1) is 13.5. The molecule has 0 radical (unpaired) electrons. The second-order valence-electron chi connectivity index (χ2n) is 6.46. The van der Waals surface area contributed by atoms with Crippen LogP contribution in [0.3, 0.4) is 0 Å². The molecule has 1 aromatic heterocycles. The van der Waals surface area contributed by atoms with Crippen molar-refractivity contribution in [3.8, 4) is 11.4 Å². The maximum Gasteiger partial charge on any atom is 0.236 e. The van der Waals surface area contributed by atoms with E-state index in [4.69, 9.17) is 4.74 Å². The van der Waals surface area contributed by atoms with E-state index in [1.165, 1.54) is 13.0 Å². The van der Waals surface area contributed by atoms with Crippen molar-refractivity contribution in [3.05, 3.63) is 82.9 Å². The smallest absolute Gasteiger partial charge is 0.236 e. The van der Waals surface area contributed by atoms with Crippen LogP contribution in [0.4, 0.5) is 4.39 Å². The Hall–Kier alpha value is -3.41. The highest BCUT2D eigenvalue weighted by molar-refractivity contribution is 5.83. The topological polar surface area (TPSA) is 55.6 Å². The number of ether oxygens (including phenoxy) is 1. The maximum absolute atomic E-state index is 13.7. The van der Waals surface area contributed by atoms with Gasteiger partial charge in [0.1, 0.15) is 18.2 Å². The van der Waals surface area contributed by atoms with E-state index in [0.29, 0.717) is 11.3 Å². The van der Waals surface area contributed by atoms with Gasteiger partial charge in [0.2, 0.25) is 5.91 Å². The molecule has 0 unspecified atom stereocenters. The molecule has 28 heavy (non-hydrogen) atoms. The van der Waals surface area contributed by atoms with Crippen molar-refractivity contribution in [2.75, 3.05) is 0 Å². The number of nitrogens with zero attached hydrogens (tertiary/aromatic N) is 2. The summed E-state index contributed by atoms with van der Waals surface area (Å²) < 4.78 is 21.5. The number of nitrogens with one attached hydrogen (secondary N) is 1. The fourth-order valence-electron chi connectivity index (χ4n) is 2.98. The van der Waals surface area contributed by atoms with Gasteiger partial charge in [-0.25, -0.2) is 9.82 Å². The Labute approximate surface area is 163 Å². The third-order valence-electron chi connectivity index (χ3n) is 4.34. The van der Waals surface area contributed by atoms with Crippen LogP contribution in [0.1, 0.15) is 29.4 Å². The molecule has 0 aliphatic rings. The van der Waals surface area contributed by atoms with Crippen LogP contribution in [0.2, 0.25) is 0 Å². The highest BCUT2D eigenvalue weighted by atomic mass is 19.1. The predicted octanol–water partition coefficient (Wildman–Crippen LogP) is 4.28. The molecule has 0 atom stereocenters. The molecular weight excluding hydrogens is 357 g/mol.